The van der Waals surface area contributed by atoms with Crippen LogP contribution in [0.3, 0.4) is 0 Å². The van der Waals surface area contributed by atoms with Gasteiger partial charge in [0.05, 0.1) is 21.4 Å². The molecule has 184 valence electrons. The summed E-state index contributed by atoms with van der Waals surface area (Å²) in [5.74, 6) is -0.577. The average Bonchev–Trinajstić information content (AvgIpc) is 3.11. The highest BCUT2D eigenvalue weighted by Gasteiger charge is 2.35. The Morgan fingerprint density at radius 1 is 1.11 bits per heavy atom. The molecule has 4 rings (SSSR count). The monoisotopic (exact) mass is 618 g/mol. The molecule has 0 saturated carbocycles. The second-order valence-electron chi connectivity index (χ2n) is 7.67. The lowest BCUT2D eigenvalue weighted by Crippen LogP contribution is -2.30. The van der Waals surface area contributed by atoms with E-state index in [1.807, 2.05) is 6.92 Å². The Morgan fingerprint density at radius 3 is 2.61 bits per heavy atom. The normalized spacial score (nSPS) is 14.2. The van der Waals surface area contributed by atoms with E-state index in [1.165, 1.54) is 12.1 Å². The fourth-order valence-corrected chi connectivity index (χ4v) is 4.54. The number of carbonyl (C=O) groups excluding carboxylic acids is 2. The number of nitrogens with zero attached hydrogens (tertiary/aromatic N) is 1. The maximum absolute atomic E-state index is 13.0. The molecule has 0 unspecified atom stereocenters. The zero-order valence-electron chi connectivity index (χ0n) is 19.0. The number of urea groups is 1. The highest BCUT2D eigenvalue weighted by Crippen LogP contribution is 2.36. The maximum Gasteiger partial charge on any atom is 0.335 e. The van der Waals surface area contributed by atoms with Crippen molar-refractivity contribution in [2.45, 2.75) is 13.5 Å². The number of hydrogen-bond acceptors (Lipinski definition) is 5. The predicted molar refractivity (Wildman–Crippen MR) is 144 cm³/mol. The number of rotatable bonds is 8. The van der Waals surface area contributed by atoms with Gasteiger partial charge in [0.25, 0.3) is 5.91 Å². The zero-order chi connectivity index (χ0) is 25.8. The SMILES string of the molecule is CCOc1cc(/C=C2/NC(=O)N(c3cccc(Cl)c3)C2=O)cc(I)c1OCc1cccc(C(=O)O)c1. The largest absolute Gasteiger partial charge is 0.490 e. The first-order chi connectivity index (χ1) is 17.3. The minimum absolute atomic E-state index is 0.109. The van der Waals surface area contributed by atoms with Gasteiger partial charge in [0.1, 0.15) is 12.3 Å². The first-order valence-electron chi connectivity index (χ1n) is 10.8. The van der Waals surface area contributed by atoms with Gasteiger partial charge in [-0.2, -0.15) is 0 Å². The third kappa shape index (κ3) is 5.63. The van der Waals surface area contributed by atoms with E-state index in [0.717, 1.165) is 4.90 Å². The summed E-state index contributed by atoms with van der Waals surface area (Å²) in [6.07, 6.45) is 1.57. The highest BCUT2D eigenvalue weighted by atomic mass is 127. The number of halogens is 2. The molecule has 0 aromatic heterocycles. The molecular formula is C26H20ClIN2O6. The molecule has 1 heterocycles. The number of benzene rings is 3. The Kier molecular flexibility index (Phi) is 7.80. The van der Waals surface area contributed by atoms with E-state index in [9.17, 15) is 19.5 Å². The number of carboxylic acid groups (broad SMARTS) is 1. The van der Waals surface area contributed by atoms with E-state index in [0.29, 0.717) is 43.5 Å². The second kappa shape index (κ2) is 11.0. The molecule has 0 aliphatic carbocycles. The number of amides is 3. The predicted octanol–water partition coefficient (Wildman–Crippen LogP) is 5.72. The molecule has 0 radical (unpaired) electrons. The summed E-state index contributed by atoms with van der Waals surface area (Å²) >= 11 is 8.11. The number of carboxylic acids is 1. The van der Waals surface area contributed by atoms with Gasteiger partial charge < -0.3 is 19.9 Å². The van der Waals surface area contributed by atoms with Gasteiger partial charge in [-0.3, -0.25) is 4.79 Å². The van der Waals surface area contributed by atoms with Crippen LogP contribution in [0.2, 0.25) is 5.02 Å². The Bertz CT molecular complexity index is 1390. The Morgan fingerprint density at radius 2 is 1.89 bits per heavy atom. The number of ether oxygens (including phenoxy) is 2. The summed E-state index contributed by atoms with van der Waals surface area (Å²) in [5, 5.41) is 12.2. The Hall–Kier alpha value is -3.57. The molecule has 1 fully saturated rings. The summed E-state index contributed by atoms with van der Waals surface area (Å²) in [7, 11) is 0. The van der Waals surface area contributed by atoms with E-state index in [1.54, 1.807) is 54.6 Å². The van der Waals surface area contributed by atoms with E-state index < -0.39 is 17.9 Å². The van der Waals surface area contributed by atoms with Crippen molar-refractivity contribution in [2.24, 2.45) is 0 Å². The Balaban J connectivity index is 1.59. The van der Waals surface area contributed by atoms with Gasteiger partial charge in [-0.05, 0) is 89.2 Å². The highest BCUT2D eigenvalue weighted by molar-refractivity contribution is 14.1. The van der Waals surface area contributed by atoms with Crippen molar-refractivity contribution in [3.05, 3.63) is 91.6 Å². The fraction of sp³-hybridized carbons (Fsp3) is 0.115. The standard InChI is InChI=1S/C26H20ClIN2O6/c1-2-35-22-12-16(10-20(28)23(22)36-14-15-5-3-6-17(9-15)25(32)33)11-21-24(31)30(26(34)29-21)19-8-4-7-18(27)13-19/h3-13H,2,14H2,1H3,(H,29,34)(H,32,33)/b21-11+. The quantitative estimate of drug-likeness (QED) is 0.190. The summed E-state index contributed by atoms with van der Waals surface area (Å²) in [6, 6.07) is 15.9. The molecule has 3 aromatic carbocycles. The van der Waals surface area contributed by atoms with E-state index in [-0.39, 0.29) is 17.9 Å². The van der Waals surface area contributed by atoms with E-state index in [2.05, 4.69) is 27.9 Å². The second-order valence-corrected chi connectivity index (χ2v) is 9.26. The van der Waals surface area contributed by atoms with Crippen molar-refractivity contribution < 1.29 is 29.0 Å². The molecule has 0 spiro atoms. The van der Waals surface area contributed by atoms with Gasteiger partial charge >= 0.3 is 12.0 Å². The van der Waals surface area contributed by atoms with Crippen molar-refractivity contribution in [2.75, 3.05) is 11.5 Å². The number of nitrogens with one attached hydrogen (secondary N) is 1. The molecule has 1 aliphatic rings. The number of anilines is 1. The molecule has 0 atom stereocenters. The molecule has 3 amide bonds. The van der Waals surface area contributed by atoms with Crippen LogP contribution in [0.1, 0.15) is 28.4 Å². The van der Waals surface area contributed by atoms with Gasteiger partial charge in [0, 0.05) is 5.02 Å². The van der Waals surface area contributed by atoms with Crippen LogP contribution in [0.4, 0.5) is 10.5 Å². The third-order valence-corrected chi connectivity index (χ3v) is 6.18. The average molecular weight is 619 g/mol. The zero-order valence-corrected chi connectivity index (χ0v) is 21.9. The molecule has 0 bridgehead atoms. The van der Waals surface area contributed by atoms with Crippen LogP contribution in [0.5, 0.6) is 11.5 Å². The number of imide groups is 1. The fourth-order valence-electron chi connectivity index (χ4n) is 3.58. The van der Waals surface area contributed by atoms with Crippen LogP contribution in [0.15, 0.2) is 66.4 Å². The van der Waals surface area contributed by atoms with Crippen molar-refractivity contribution in [3.63, 3.8) is 0 Å². The van der Waals surface area contributed by atoms with E-state index >= 15 is 0 Å². The Labute approximate surface area is 225 Å². The summed E-state index contributed by atoms with van der Waals surface area (Å²) in [5.41, 5.74) is 1.97. The van der Waals surface area contributed by atoms with Crippen molar-refractivity contribution in [1.29, 1.82) is 0 Å². The minimum Gasteiger partial charge on any atom is -0.490 e. The van der Waals surface area contributed by atoms with Crippen molar-refractivity contribution in [3.8, 4) is 11.5 Å². The molecule has 2 N–H and O–H groups in total. The van der Waals surface area contributed by atoms with Gasteiger partial charge in [0.2, 0.25) is 0 Å². The first-order valence-corrected chi connectivity index (χ1v) is 12.3. The van der Waals surface area contributed by atoms with Gasteiger partial charge in [0.15, 0.2) is 11.5 Å². The molecule has 8 nitrogen and oxygen atoms in total. The molecule has 1 saturated heterocycles. The summed E-state index contributed by atoms with van der Waals surface area (Å²) < 4.78 is 12.5. The summed E-state index contributed by atoms with van der Waals surface area (Å²) in [4.78, 5) is 37.7. The number of aromatic carboxylic acids is 1. The van der Waals surface area contributed by atoms with Crippen LogP contribution in [0, 0.1) is 3.57 Å². The van der Waals surface area contributed by atoms with Crippen molar-refractivity contribution in [1.82, 2.24) is 5.32 Å². The van der Waals surface area contributed by atoms with Crippen LogP contribution in [-0.2, 0) is 11.4 Å². The number of hydrogen-bond donors (Lipinski definition) is 2. The molecular weight excluding hydrogens is 599 g/mol. The summed E-state index contributed by atoms with van der Waals surface area (Å²) in [6.45, 7) is 2.35. The van der Waals surface area contributed by atoms with Crippen molar-refractivity contribution >= 4 is 63.9 Å². The van der Waals surface area contributed by atoms with E-state index in [4.69, 9.17) is 21.1 Å². The first kappa shape index (κ1) is 25.5. The molecule has 3 aromatic rings. The minimum atomic E-state index is -1.01. The van der Waals surface area contributed by atoms with Crippen LogP contribution >= 0.6 is 34.2 Å². The smallest absolute Gasteiger partial charge is 0.335 e. The van der Waals surface area contributed by atoms with Crippen LogP contribution in [-0.4, -0.2) is 29.6 Å². The van der Waals surface area contributed by atoms with Gasteiger partial charge in [-0.1, -0.05) is 29.8 Å². The number of carbonyl (C=O) groups is 3. The molecule has 10 heteroatoms. The lowest BCUT2D eigenvalue weighted by molar-refractivity contribution is -0.113. The van der Waals surface area contributed by atoms with Crippen LogP contribution in [0.25, 0.3) is 6.08 Å². The lowest BCUT2D eigenvalue weighted by Gasteiger charge is -2.15. The molecule has 36 heavy (non-hydrogen) atoms. The lowest BCUT2D eigenvalue weighted by atomic mass is 10.1. The van der Waals surface area contributed by atoms with Gasteiger partial charge in [-0.15, -0.1) is 0 Å². The molecule has 1 aliphatic heterocycles. The van der Waals surface area contributed by atoms with Crippen LogP contribution < -0.4 is 19.7 Å². The van der Waals surface area contributed by atoms with Gasteiger partial charge in [-0.25, -0.2) is 14.5 Å². The third-order valence-electron chi connectivity index (χ3n) is 5.14. The topological polar surface area (TPSA) is 105 Å². The maximum atomic E-state index is 13.0.